The molecule has 0 aliphatic carbocycles. The van der Waals surface area contributed by atoms with Gasteiger partial charge in [0, 0.05) is 0 Å². The Morgan fingerprint density at radius 2 is 0.836 bits per heavy atom. The van der Waals surface area contributed by atoms with E-state index in [1.807, 2.05) is 78.9 Å². The monoisotopic (exact) mass is 900 g/mol. The molecule has 3 aromatic heterocycles. The summed E-state index contributed by atoms with van der Waals surface area (Å²) < 4.78 is 63.5. The fourth-order valence-electron chi connectivity index (χ4n) is 8.49. The topological polar surface area (TPSA) is 184 Å². The minimum atomic E-state index is -4.47. The first kappa shape index (κ1) is 38.5. The average molecular weight is 902 g/mol. The van der Waals surface area contributed by atoms with Gasteiger partial charge in [-0.2, -0.15) is 0 Å². The van der Waals surface area contributed by atoms with Crippen LogP contribution in [-0.2, 0) is 28.5 Å². The number of hydrogen-bond donors (Lipinski definition) is 2. The van der Waals surface area contributed by atoms with Crippen molar-refractivity contribution in [1.29, 1.82) is 0 Å². The number of aromatic nitrogens is 8. The molecule has 7 aromatic rings. The number of benzene rings is 4. The van der Waals surface area contributed by atoms with Crippen molar-refractivity contribution in [3.63, 3.8) is 0 Å². The Labute approximate surface area is 354 Å². The quantitative estimate of drug-likeness (QED) is 0.170. The van der Waals surface area contributed by atoms with Gasteiger partial charge in [0.25, 0.3) is 0 Å². The molecule has 2 N–H and O–H groups in total. The number of H-pyrrole nitrogens is 2. The van der Waals surface area contributed by atoms with Crippen LogP contribution in [0, 0.1) is 11.8 Å². The third-order valence-electron chi connectivity index (χ3n) is 12.0. The van der Waals surface area contributed by atoms with Crippen molar-refractivity contribution in [3.05, 3.63) is 91.0 Å². The summed E-state index contributed by atoms with van der Waals surface area (Å²) in [4.78, 5) is 37.2. The van der Waals surface area contributed by atoms with Crippen LogP contribution in [0.1, 0.15) is 39.5 Å². The molecule has 2 saturated heterocycles. The molecular formula is C44H41CuN10O4S2. The van der Waals surface area contributed by atoms with Crippen molar-refractivity contribution in [3.8, 4) is 45.6 Å². The number of rotatable bonds is 5. The van der Waals surface area contributed by atoms with Crippen LogP contribution in [0.2, 0.25) is 0 Å². The molecule has 0 unspecified atom stereocenters. The van der Waals surface area contributed by atoms with Crippen LogP contribution in [0.4, 0.5) is 0 Å². The predicted molar refractivity (Wildman–Crippen MR) is 233 cm³/mol. The van der Waals surface area contributed by atoms with E-state index in [1.54, 1.807) is 12.1 Å². The van der Waals surface area contributed by atoms with Crippen molar-refractivity contribution >= 4 is 65.5 Å². The maximum absolute atomic E-state index is 15.2. The van der Waals surface area contributed by atoms with Crippen LogP contribution in [-0.4, -0.2) is 91.5 Å². The Bertz CT molecular complexity index is 3280. The first-order valence-electron chi connectivity index (χ1n) is 20.4. The first-order chi connectivity index (χ1) is 29.5. The normalized spacial score (nSPS) is 17.1. The summed E-state index contributed by atoms with van der Waals surface area (Å²) in [5.74, 6) is 2.23. The standard InChI is InChI=1S/C32H17N8.2C6H12NO2S.Cu/c1-2-10-18-17(9-1)25-33-26(18)38-28-21-13-5-6-14-22(21)30(35-28)40-32-24-16-8-7-15-23(24)31(36-32)39-29-20-12-4-3-11-19(20)27(34-29)37-25;2*1-6-2-4-7(5-3-6)10(8)9;/h1-15H,(H2,33,34,35,36,37,38,39,40);2*6H,2-5H2,1H3;. The Morgan fingerprint density at radius 3 is 1.28 bits per heavy atom. The van der Waals surface area contributed by atoms with Gasteiger partial charge in [-0.15, -0.1) is 0 Å². The zero-order chi connectivity index (χ0) is 41.6. The third kappa shape index (κ3) is 6.40. The summed E-state index contributed by atoms with van der Waals surface area (Å²) in [6.45, 7) is 5.17. The maximum atomic E-state index is 15.2. The van der Waals surface area contributed by atoms with Gasteiger partial charge in [0.15, 0.2) is 0 Å². The Balaban J connectivity index is 1.26. The predicted octanol–water partition coefficient (Wildman–Crippen LogP) is 7.07. The SMILES string of the molecule is CC1CCN([S](=O)(=O)[Cu]([c]2cccc3c4nc5nc(nc6[nH]c(nc7nc(nc([nH]4)c23)-c2ccccc2-7)c2ccccc62)-c2ccccc2-5)[S](=O)(=O)N2CCC(C)CC2)CC1. The molecular weight excluding hydrogens is 860 g/mol. The summed E-state index contributed by atoms with van der Waals surface area (Å²) >= 11 is -2.26. The van der Waals surface area contributed by atoms with Gasteiger partial charge in [0.2, 0.25) is 0 Å². The van der Waals surface area contributed by atoms with Crippen molar-refractivity contribution in [2.24, 2.45) is 11.8 Å². The number of nitrogens with one attached hydrogen (secondary N) is 2. The minimum absolute atomic E-state index is 0.124. The van der Waals surface area contributed by atoms with Crippen LogP contribution in [0.3, 0.4) is 0 Å². The number of fused-ring (bicyclic) bond motifs is 20. The molecule has 4 aromatic carbocycles. The molecule has 0 saturated carbocycles. The Morgan fingerprint density at radius 1 is 0.475 bits per heavy atom. The molecule has 61 heavy (non-hydrogen) atoms. The van der Waals surface area contributed by atoms with E-state index in [2.05, 4.69) is 23.8 Å². The zero-order valence-electron chi connectivity index (χ0n) is 33.3. The summed E-state index contributed by atoms with van der Waals surface area (Å²) in [5, 5.41) is 2.54. The van der Waals surface area contributed by atoms with Crippen molar-refractivity contribution in [1.82, 2.24) is 48.5 Å². The molecule has 2 fully saturated rings. The van der Waals surface area contributed by atoms with E-state index in [0.717, 1.165) is 27.5 Å². The molecule has 14 nitrogen and oxygen atoms in total. The van der Waals surface area contributed by atoms with Gasteiger partial charge in [0.1, 0.15) is 0 Å². The Hall–Kier alpha value is -5.42. The molecule has 0 spiro atoms. The molecule has 11 rings (SSSR count). The molecule has 0 radical (unpaired) electrons. The van der Waals surface area contributed by atoms with Gasteiger partial charge in [-0.25, -0.2) is 0 Å². The van der Waals surface area contributed by atoms with Crippen LogP contribution in [0.5, 0.6) is 0 Å². The van der Waals surface area contributed by atoms with Crippen molar-refractivity contribution in [2.75, 3.05) is 26.2 Å². The number of nitrogens with zero attached hydrogens (tertiary/aromatic N) is 8. The third-order valence-corrected chi connectivity index (χ3v) is 23.6. The van der Waals surface area contributed by atoms with Gasteiger partial charge in [0.05, 0.1) is 0 Å². The van der Waals surface area contributed by atoms with E-state index in [0.29, 0.717) is 94.1 Å². The molecule has 0 atom stereocenters. The molecule has 0 amide bonds. The second-order valence-corrected chi connectivity index (χ2v) is 25.2. The van der Waals surface area contributed by atoms with E-state index in [1.165, 1.54) is 8.61 Å². The second-order valence-electron chi connectivity index (χ2n) is 16.0. The number of aromatic amines is 2. The van der Waals surface area contributed by atoms with E-state index in [9.17, 15) is 0 Å². The Kier molecular flexibility index (Phi) is 9.22. The molecule has 17 heteroatoms. The van der Waals surface area contributed by atoms with Crippen molar-refractivity contribution < 1.29 is 28.5 Å². The van der Waals surface area contributed by atoms with E-state index < -0.39 is 28.5 Å². The molecule has 7 heterocycles. The summed E-state index contributed by atoms with van der Waals surface area (Å²) in [5.41, 5.74) is 4.69. The average Bonchev–Trinajstić information content (AvgIpc) is 4.00. The van der Waals surface area contributed by atoms with Crippen LogP contribution < -0.4 is 4.46 Å². The summed E-state index contributed by atoms with van der Waals surface area (Å²) in [7, 11) is -8.94. The van der Waals surface area contributed by atoms with Gasteiger partial charge >= 0.3 is 350 Å². The molecule has 8 bridgehead atoms. The van der Waals surface area contributed by atoms with Crippen LogP contribution >= 0.6 is 0 Å². The van der Waals surface area contributed by atoms with Gasteiger partial charge in [-0.05, 0) is 0 Å². The van der Waals surface area contributed by atoms with E-state index >= 15 is 16.8 Å². The second kappa shape index (κ2) is 14.6. The zero-order valence-corrected chi connectivity index (χ0v) is 35.9. The van der Waals surface area contributed by atoms with E-state index in [4.69, 9.17) is 29.9 Å². The van der Waals surface area contributed by atoms with Crippen molar-refractivity contribution in [2.45, 2.75) is 39.5 Å². The van der Waals surface area contributed by atoms with Gasteiger partial charge < -0.3 is 0 Å². The summed E-state index contributed by atoms with van der Waals surface area (Å²) in [6.07, 6.45) is 2.58. The fraction of sp³-hybridized carbons (Fsp3) is 0.273. The fourth-order valence-corrected chi connectivity index (χ4v) is 20.2. The molecule has 314 valence electrons. The van der Waals surface area contributed by atoms with Gasteiger partial charge in [-0.3, -0.25) is 0 Å². The van der Waals surface area contributed by atoms with Crippen LogP contribution in [0.25, 0.3) is 89.7 Å². The van der Waals surface area contributed by atoms with Crippen LogP contribution in [0.15, 0.2) is 91.0 Å². The molecule has 4 aliphatic rings. The first-order valence-corrected chi connectivity index (χ1v) is 25.7. The van der Waals surface area contributed by atoms with Gasteiger partial charge in [-0.1, -0.05) is 6.07 Å². The van der Waals surface area contributed by atoms with E-state index in [-0.39, 0.29) is 36.3 Å². The number of hydrogen-bond acceptors (Lipinski definition) is 10. The number of piperidine rings is 2. The summed E-state index contributed by atoms with van der Waals surface area (Å²) in [6, 6.07) is 28.4. The molecule has 4 aliphatic heterocycles.